The van der Waals surface area contributed by atoms with Gasteiger partial charge in [0.25, 0.3) is 11.7 Å². The summed E-state index contributed by atoms with van der Waals surface area (Å²) < 4.78 is 5.79. The minimum atomic E-state index is -0.685. The lowest BCUT2D eigenvalue weighted by atomic mass is 9.94. The van der Waals surface area contributed by atoms with Crippen molar-refractivity contribution in [3.8, 4) is 5.75 Å². The van der Waals surface area contributed by atoms with E-state index in [1.54, 1.807) is 41.3 Å². The molecule has 1 atom stereocenters. The van der Waals surface area contributed by atoms with Gasteiger partial charge in [-0.05, 0) is 81.4 Å². The molecule has 0 radical (unpaired) electrons. The van der Waals surface area contributed by atoms with E-state index in [0.29, 0.717) is 41.8 Å². The third-order valence-corrected chi connectivity index (χ3v) is 6.02. The van der Waals surface area contributed by atoms with Crippen LogP contribution in [0.5, 0.6) is 5.75 Å². The minimum Gasteiger partial charge on any atom is -0.507 e. The van der Waals surface area contributed by atoms with Crippen molar-refractivity contribution in [2.45, 2.75) is 33.2 Å². The Balaban J connectivity index is 2.04. The molecule has 6 nitrogen and oxygen atoms in total. The molecule has 0 saturated carbocycles. The van der Waals surface area contributed by atoms with Gasteiger partial charge < -0.3 is 19.6 Å². The number of benzene rings is 2. The molecule has 3 rings (SSSR count). The summed E-state index contributed by atoms with van der Waals surface area (Å²) in [6.45, 7) is 7.74. The average Bonchev–Trinajstić information content (AvgIpc) is 3.02. The van der Waals surface area contributed by atoms with Gasteiger partial charge in [-0.2, -0.15) is 0 Å². The molecule has 182 valence electrons. The number of aryl methyl sites for hydroxylation is 1. The number of carbonyl (C=O) groups is 2. The second kappa shape index (κ2) is 11.1. The van der Waals surface area contributed by atoms with Crippen molar-refractivity contribution in [3.05, 3.63) is 69.8 Å². The SMILES string of the molecule is Cc1cc(OCC(C)C)ccc1/C(O)=C1\C(=O)C(=O)N(CCCN(C)C)[C@@H]1c1ccc(Cl)cc1. The van der Waals surface area contributed by atoms with Gasteiger partial charge in [0.05, 0.1) is 18.2 Å². The first-order valence-electron chi connectivity index (χ1n) is 11.5. The number of nitrogens with zero attached hydrogens (tertiary/aromatic N) is 2. The van der Waals surface area contributed by atoms with E-state index in [4.69, 9.17) is 16.3 Å². The number of aliphatic hydroxyl groups is 1. The third-order valence-electron chi connectivity index (χ3n) is 5.77. The summed E-state index contributed by atoms with van der Waals surface area (Å²) in [5, 5.41) is 11.9. The molecule has 1 aliphatic heterocycles. The topological polar surface area (TPSA) is 70.1 Å². The first-order chi connectivity index (χ1) is 16.1. The standard InChI is InChI=1S/C27H33ClN2O4/c1-17(2)16-34-21-11-12-22(18(3)15-21)25(31)23-24(19-7-9-20(28)10-8-19)30(27(33)26(23)32)14-6-13-29(4)5/h7-12,15,17,24,31H,6,13-14,16H2,1-5H3/b25-23+/t24-/m1/s1. The van der Waals surface area contributed by atoms with Crippen molar-refractivity contribution >= 4 is 29.1 Å². The van der Waals surface area contributed by atoms with Crippen molar-refractivity contribution < 1.29 is 19.4 Å². The highest BCUT2D eigenvalue weighted by atomic mass is 35.5. The quantitative estimate of drug-likeness (QED) is 0.306. The number of hydrogen-bond acceptors (Lipinski definition) is 5. The normalized spacial score (nSPS) is 17.8. The van der Waals surface area contributed by atoms with Crippen LogP contribution in [0.3, 0.4) is 0 Å². The van der Waals surface area contributed by atoms with Gasteiger partial charge >= 0.3 is 0 Å². The van der Waals surface area contributed by atoms with E-state index in [2.05, 4.69) is 13.8 Å². The molecule has 2 aromatic rings. The Labute approximate surface area is 206 Å². The van der Waals surface area contributed by atoms with E-state index >= 15 is 0 Å². The van der Waals surface area contributed by atoms with Crippen molar-refractivity contribution in [1.29, 1.82) is 0 Å². The Kier molecular flexibility index (Phi) is 8.39. The lowest BCUT2D eigenvalue weighted by Gasteiger charge is -2.26. The Hall–Kier alpha value is -2.83. The fourth-order valence-electron chi connectivity index (χ4n) is 4.06. The second-order valence-corrected chi connectivity index (χ2v) is 9.82. The molecule has 0 bridgehead atoms. The van der Waals surface area contributed by atoms with Crippen LogP contribution < -0.4 is 4.74 Å². The zero-order valence-corrected chi connectivity index (χ0v) is 21.2. The van der Waals surface area contributed by atoms with Gasteiger partial charge in [0.15, 0.2) is 0 Å². The molecule has 7 heteroatoms. The van der Waals surface area contributed by atoms with E-state index in [1.165, 1.54) is 0 Å². The number of carbonyl (C=O) groups excluding carboxylic acids is 2. The van der Waals surface area contributed by atoms with E-state index in [-0.39, 0.29) is 11.3 Å². The average molecular weight is 485 g/mol. The Morgan fingerprint density at radius 2 is 1.82 bits per heavy atom. The lowest BCUT2D eigenvalue weighted by Crippen LogP contribution is -2.32. The van der Waals surface area contributed by atoms with Crippen LogP contribution in [0, 0.1) is 12.8 Å². The van der Waals surface area contributed by atoms with Crippen LogP contribution in [0.1, 0.15) is 43.0 Å². The van der Waals surface area contributed by atoms with Gasteiger partial charge in [0.1, 0.15) is 11.5 Å². The molecule has 2 aromatic carbocycles. The van der Waals surface area contributed by atoms with Gasteiger partial charge in [-0.25, -0.2) is 0 Å². The number of amides is 1. The van der Waals surface area contributed by atoms with Crippen molar-refractivity contribution in [2.24, 2.45) is 5.92 Å². The number of hydrogen-bond donors (Lipinski definition) is 1. The summed E-state index contributed by atoms with van der Waals surface area (Å²) in [7, 11) is 3.92. The second-order valence-electron chi connectivity index (χ2n) is 9.38. The zero-order valence-electron chi connectivity index (χ0n) is 20.5. The summed E-state index contributed by atoms with van der Waals surface area (Å²) in [6, 6.07) is 11.7. The molecule has 1 saturated heterocycles. The molecule has 1 aliphatic rings. The van der Waals surface area contributed by atoms with Crippen molar-refractivity contribution in [3.63, 3.8) is 0 Å². The highest BCUT2D eigenvalue weighted by Crippen LogP contribution is 2.40. The lowest BCUT2D eigenvalue weighted by molar-refractivity contribution is -0.139. The van der Waals surface area contributed by atoms with Gasteiger partial charge in [-0.15, -0.1) is 0 Å². The van der Waals surface area contributed by atoms with Crippen LogP contribution in [-0.2, 0) is 9.59 Å². The molecular formula is C27H33ClN2O4. The zero-order chi connectivity index (χ0) is 25.0. The third kappa shape index (κ3) is 5.80. The monoisotopic (exact) mass is 484 g/mol. The molecule has 1 heterocycles. The van der Waals surface area contributed by atoms with E-state index in [1.807, 2.05) is 32.0 Å². The molecule has 1 N–H and O–H groups in total. The number of aliphatic hydroxyl groups excluding tert-OH is 1. The predicted molar refractivity (Wildman–Crippen MR) is 135 cm³/mol. The summed E-state index contributed by atoms with van der Waals surface area (Å²) in [5.41, 5.74) is 2.08. The van der Waals surface area contributed by atoms with Gasteiger partial charge in [0.2, 0.25) is 0 Å². The van der Waals surface area contributed by atoms with Crippen LogP contribution >= 0.6 is 11.6 Å². The Morgan fingerprint density at radius 3 is 2.41 bits per heavy atom. The Morgan fingerprint density at radius 1 is 1.15 bits per heavy atom. The number of halogens is 1. The van der Waals surface area contributed by atoms with Crippen molar-refractivity contribution in [2.75, 3.05) is 33.8 Å². The Bertz CT molecular complexity index is 1080. The summed E-state index contributed by atoms with van der Waals surface area (Å²) >= 11 is 6.08. The van der Waals surface area contributed by atoms with E-state index in [0.717, 1.165) is 17.7 Å². The first kappa shape index (κ1) is 25.8. The summed E-state index contributed by atoms with van der Waals surface area (Å²) in [4.78, 5) is 29.8. The maximum atomic E-state index is 13.2. The summed E-state index contributed by atoms with van der Waals surface area (Å²) in [5.74, 6) is -0.379. The van der Waals surface area contributed by atoms with Crippen LogP contribution in [0.15, 0.2) is 48.0 Å². The van der Waals surface area contributed by atoms with Crippen LogP contribution in [0.25, 0.3) is 5.76 Å². The minimum absolute atomic E-state index is 0.0936. The van der Waals surface area contributed by atoms with E-state index in [9.17, 15) is 14.7 Å². The molecule has 1 amide bonds. The molecule has 0 spiro atoms. The van der Waals surface area contributed by atoms with Gasteiger partial charge in [0, 0.05) is 17.1 Å². The summed E-state index contributed by atoms with van der Waals surface area (Å²) in [6.07, 6.45) is 0.699. The van der Waals surface area contributed by atoms with Crippen LogP contribution in [-0.4, -0.2) is 60.4 Å². The maximum absolute atomic E-state index is 13.2. The fourth-order valence-corrected chi connectivity index (χ4v) is 4.19. The molecule has 34 heavy (non-hydrogen) atoms. The highest BCUT2D eigenvalue weighted by molar-refractivity contribution is 6.46. The highest BCUT2D eigenvalue weighted by Gasteiger charge is 2.45. The number of ether oxygens (including phenoxy) is 1. The van der Waals surface area contributed by atoms with Crippen molar-refractivity contribution in [1.82, 2.24) is 9.80 Å². The number of Topliss-reactive ketones (excluding diaryl/α,β-unsaturated/α-hetero) is 1. The van der Waals surface area contributed by atoms with Gasteiger partial charge in [-0.1, -0.05) is 37.6 Å². The van der Waals surface area contributed by atoms with E-state index < -0.39 is 17.7 Å². The number of rotatable bonds is 9. The molecule has 1 fully saturated rings. The first-order valence-corrected chi connectivity index (χ1v) is 11.9. The molecule has 0 unspecified atom stereocenters. The molecular weight excluding hydrogens is 452 g/mol. The molecule has 0 aliphatic carbocycles. The predicted octanol–water partition coefficient (Wildman–Crippen LogP) is 5.06. The van der Waals surface area contributed by atoms with Gasteiger partial charge in [-0.3, -0.25) is 9.59 Å². The van der Waals surface area contributed by atoms with Crippen LogP contribution in [0.2, 0.25) is 5.02 Å². The fraction of sp³-hybridized carbons (Fsp3) is 0.407. The smallest absolute Gasteiger partial charge is 0.295 e. The largest absolute Gasteiger partial charge is 0.507 e. The molecule has 0 aromatic heterocycles. The number of likely N-dealkylation sites (tertiary alicyclic amines) is 1. The number of ketones is 1. The van der Waals surface area contributed by atoms with Crippen LogP contribution in [0.4, 0.5) is 0 Å². The maximum Gasteiger partial charge on any atom is 0.295 e.